The normalized spacial score (nSPS) is 21.5. The predicted octanol–water partition coefficient (Wildman–Crippen LogP) is 1.65. The number of aromatic nitrogens is 2. The third kappa shape index (κ3) is 3.17. The largest absolute Gasteiger partial charge is 0.367 e. The summed E-state index contributed by atoms with van der Waals surface area (Å²) in [6, 6.07) is 2.56. The van der Waals surface area contributed by atoms with Crippen LogP contribution in [0.2, 0.25) is 0 Å². The molecule has 1 fully saturated rings. The maximum atomic E-state index is 4.42. The van der Waals surface area contributed by atoms with Crippen molar-refractivity contribution < 1.29 is 0 Å². The molecule has 1 aromatic rings. The van der Waals surface area contributed by atoms with Crippen molar-refractivity contribution in [1.82, 2.24) is 15.3 Å². The van der Waals surface area contributed by atoms with Gasteiger partial charge in [0.15, 0.2) is 0 Å². The highest BCUT2D eigenvalue weighted by molar-refractivity contribution is 5.36. The van der Waals surface area contributed by atoms with E-state index in [9.17, 15) is 0 Å². The summed E-state index contributed by atoms with van der Waals surface area (Å²) in [4.78, 5) is 8.70. The van der Waals surface area contributed by atoms with Crippen LogP contribution < -0.4 is 10.6 Å². The summed E-state index contributed by atoms with van der Waals surface area (Å²) in [5, 5.41) is 6.92. The van der Waals surface area contributed by atoms with Crippen LogP contribution in [0.4, 0.5) is 5.82 Å². The van der Waals surface area contributed by atoms with Gasteiger partial charge in [0.05, 0.1) is 0 Å². The standard InChI is InChI=1S/C12H20N4/c1-9-8-12(15-10(2)14-9)16-11-4-3-6-13-7-5-11/h8,11,13H,3-7H2,1-2H3,(H,14,15,16). The smallest absolute Gasteiger partial charge is 0.130 e. The minimum atomic E-state index is 0.545. The van der Waals surface area contributed by atoms with E-state index in [1.807, 2.05) is 19.9 Å². The van der Waals surface area contributed by atoms with E-state index >= 15 is 0 Å². The quantitative estimate of drug-likeness (QED) is 0.795. The lowest BCUT2D eigenvalue weighted by atomic mass is 10.1. The number of aryl methyl sites for hydroxylation is 2. The van der Waals surface area contributed by atoms with Gasteiger partial charge in [0.25, 0.3) is 0 Å². The summed E-state index contributed by atoms with van der Waals surface area (Å²) in [6.07, 6.45) is 3.62. The molecule has 4 heteroatoms. The zero-order chi connectivity index (χ0) is 11.4. The van der Waals surface area contributed by atoms with Crippen molar-refractivity contribution in [1.29, 1.82) is 0 Å². The van der Waals surface area contributed by atoms with Crippen LogP contribution in [0.1, 0.15) is 30.8 Å². The molecule has 1 saturated heterocycles. The summed E-state index contributed by atoms with van der Waals surface area (Å²) >= 11 is 0. The Labute approximate surface area is 96.9 Å². The van der Waals surface area contributed by atoms with Gasteiger partial charge in [-0.15, -0.1) is 0 Å². The number of nitrogens with zero attached hydrogens (tertiary/aromatic N) is 2. The van der Waals surface area contributed by atoms with Gasteiger partial charge in [-0.1, -0.05) is 0 Å². The second-order valence-corrected chi connectivity index (χ2v) is 4.46. The van der Waals surface area contributed by atoms with E-state index < -0.39 is 0 Å². The molecule has 0 bridgehead atoms. The van der Waals surface area contributed by atoms with Crippen LogP contribution in [-0.2, 0) is 0 Å². The second kappa shape index (κ2) is 5.25. The summed E-state index contributed by atoms with van der Waals surface area (Å²) in [6.45, 7) is 6.18. The lowest BCUT2D eigenvalue weighted by molar-refractivity contribution is 0.634. The highest BCUT2D eigenvalue weighted by atomic mass is 15.1. The molecule has 2 rings (SSSR count). The molecule has 0 radical (unpaired) electrons. The van der Waals surface area contributed by atoms with Crippen molar-refractivity contribution >= 4 is 5.82 Å². The molecule has 0 spiro atoms. The Morgan fingerprint density at radius 2 is 2.12 bits per heavy atom. The van der Waals surface area contributed by atoms with Crippen molar-refractivity contribution in [2.45, 2.75) is 39.2 Å². The lowest BCUT2D eigenvalue weighted by Crippen LogP contribution is -2.22. The predicted molar refractivity (Wildman–Crippen MR) is 65.6 cm³/mol. The first-order chi connectivity index (χ1) is 7.74. The Morgan fingerprint density at radius 1 is 1.25 bits per heavy atom. The molecule has 0 amide bonds. The third-order valence-corrected chi connectivity index (χ3v) is 2.89. The van der Waals surface area contributed by atoms with Gasteiger partial charge in [-0.3, -0.25) is 0 Å². The van der Waals surface area contributed by atoms with Crippen LogP contribution in [0.25, 0.3) is 0 Å². The Bertz CT molecular complexity index is 323. The molecular weight excluding hydrogens is 200 g/mol. The minimum Gasteiger partial charge on any atom is -0.367 e. The van der Waals surface area contributed by atoms with Crippen LogP contribution in [0.15, 0.2) is 6.07 Å². The van der Waals surface area contributed by atoms with Gasteiger partial charge in [-0.05, 0) is 46.2 Å². The number of hydrogen-bond acceptors (Lipinski definition) is 4. The van der Waals surface area contributed by atoms with Gasteiger partial charge in [-0.2, -0.15) is 0 Å². The molecule has 1 aromatic heterocycles. The maximum absolute atomic E-state index is 4.42. The van der Waals surface area contributed by atoms with Gasteiger partial charge < -0.3 is 10.6 Å². The Hall–Kier alpha value is -1.16. The zero-order valence-corrected chi connectivity index (χ0v) is 10.1. The van der Waals surface area contributed by atoms with Gasteiger partial charge >= 0.3 is 0 Å². The molecule has 1 aliphatic heterocycles. The van der Waals surface area contributed by atoms with Crippen molar-refractivity contribution in [3.05, 3.63) is 17.6 Å². The molecule has 0 aliphatic carbocycles. The third-order valence-electron chi connectivity index (χ3n) is 2.89. The van der Waals surface area contributed by atoms with Crippen LogP contribution in [-0.4, -0.2) is 29.1 Å². The average molecular weight is 220 g/mol. The number of nitrogens with one attached hydrogen (secondary N) is 2. The van der Waals surface area contributed by atoms with Crippen LogP contribution in [0, 0.1) is 13.8 Å². The molecule has 1 atom stereocenters. The van der Waals surface area contributed by atoms with Gasteiger partial charge in [-0.25, -0.2) is 9.97 Å². The first-order valence-corrected chi connectivity index (χ1v) is 6.03. The van der Waals surface area contributed by atoms with E-state index in [0.717, 1.165) is 30.4 Å². The fraction of sp³-hybridized carbons (Fsp3) is 0.667. The topological polar surface area (TPSA) is 49.8 Å². The van der Waals surface area contributed by atoms with E-state index in [4.69, 9.17) is 0 Å². The van der Waals surface area contributed by atoms with E-state index in [1.54, 1.807) is 0 Å². The molecule has 2 heterocycles. The summed E-state index contributed by atoms with van der Waals surface area (Å²) in [5.74, 6) is 1.81. The lowest BCUT2D eigenvalue weighted by Gasteiger charge is -2.16. The fourth-order valence-corrected chi connectivity index (χ4v) is 2.16. The van der Waals surface area contributed by atoms with E-state index in [2.05, 4.69) is 20.6 Å². The van der Waals surface area contributed by atoms with Crippen LogP contribution in [0.5, 0.6) is 0 Å². The van der Waals surface area contributed by atoms with Gasteiger partial charge in [0, 0.05) is 17.8 Å². The van der Waals surface area contributed by atoms with Crippen LogP contribution in [0.3, 0.4) is 0 Å². The van der Waals surface area contributed by atoms with Crippen molar-refractivity contribution in [2.24, 2.45) is 0 Å². The number of hydrogen-bond donors (Lipinski definition) is 2. The second-order valence-electron chi connectivity index (χ2n) is 4.46. The Kier molecular flexibility index (Phi) is 3.72. The molecular formula is C12H20N4. The molecule has 1 aliphatic rings. The van der Waals surface area contributed by atoms with Crippen molar-refractivity contribution in [3.63, 3.8) is 0 Å². The van der Waals surface area contributed by atoms with Gasteiger partial charge in [0.2, 0.25) is 0 Å². The van der Waals surface area contributed by atoms with Crippen molar-refractivity contribution in [3.8, 4) is 0 Å². The molecule has 1 unspecified atom stereocenters. The highest BCUT2D eigenvalue weighted by Crippen LogP contribution is 2.13. The summed E-state index contributed by atoms with van der Waals surface area (Å²) in [7, 11) is 0. The highest BCUT2D eigenvalue weighted by Gasteiger charge is 2.12. The van der Waals surface area contributed by atoms with E-state index in [1.165, 1.54) is 19.3 Å². The molecule has 0 aromatic carbocycles. The Balaban J connectivity index is 2.01. The molecule has 0 saturated carbocycles. The average Bonchev–Trinajstić information content (AvgIpc) is 2.44. The number of rotatable bonds is 2. The Morgan fingerprint density at radius 3 is 2.94 bits per heavy atom. The van der Waals surface area contributed by atoms with Crippen molar-refractivity contribution in [2.75, 3.05) is 18.4 Å². The van der Waals surface area contributed by atoms with E-state index in [-0.39, 0.29) is 0 Å². The minimum absolute atomic E-state index is 0.545. The van der Waals surface area contributed by atoms with Crippen LogP contribution >= 0.6 is 0 Å². The fourth-order valence-electron chi connectivity index (χ4n) is 2.16. The molecule has 16 heavy (non-hydrogen) atoms. The van der Waals surface area contributed by atoms with E-state index in [0.29, 0.717) is 6.04 Å². The number of anilines is 1. The maximum Gasteiger partial charge on any atom is 0.130 e. The monoisotopic (exact) mass is 220 g/mol. The zero-order valence-electron chi connectivity index (χ0n) is 10.1. The SMILES string of the molecule is Cc1cc(NC2CCCNCC2)nc(C)n1. The molecule has 2 N–H and O–H groups in total. The first kappa shape index (κ1) is 11.3. The summed E-state index contributed by atoms with van der Waals surface area (Å²) < 4.78 is 0. The van der Waals surface area contributed by atoms with Gasteiger partial charge in [0.1, 0.15) is 11.6 Å². The molecule has 4 nitrogen and oxygen atoms in total. The first-order valence-electron chi connectivity index (χ1n) is 6.03. The summed E-state index contributed by atoms with van der Waals surface area (Å²) in [5.41, 5.74) is 1.03. The molecule has 88 valence electrons.